The highest BCUT2D eigenvalue weighted by Gasteiger charge is 2.11. The molecule has 0 aliphatic heterocycles. The van der Waals surface area contributed by atoms with Crippen LogP contribution in [0.4, 0.5) is 10.3 Å². The Balaban J connectivity index is 2.25. The molecule has 0 fully saturated rings. The van der Waals surface area contributed by atoms with Crippen molar-refractivity contribution in [2.24, 2.45) is 0 Å². The van der Waals surface area contributed by atoms with Gasteiger partial charge in [-0.1, -0.05) is 12.1 Å². The Morgan fingerprint density at radius 1 is 1.11 bits per heavy atom. The molecule has 0 saturated heterocycles. The molecule has 2 rings (SSSR count). The van der Waals surface area contributed by atoms with Gasteiger partial charge in [0, 0.05) is 0 Å². The van der Waals surface area contributed by atoms with Gasteiger partial charge in [0.15, 0.2) is 11.6 Å². The maximum atomic E-state index is 13.4. The summed E-state index contributed by atoms with van der Waals surface area (Å²) in [5.74, 6) is -0.576. The molecule has 0 unspecified atom stereocenters. The van der Waals surface area contributed by atoms with E-state index in [4.69, 9.17) is 15.2 Å². The monoisotopic (exact) mass is 264 g/mol. The quantitative estimate of drug-likeness (QED) is 0.911. The SMILES string of the molecule is CC(C)Oc1nc(N)nc(Oc2ccccc2F)n1. The third kappa shape index (κ3) is 3.51. The summed E-state index contributed by atoms with van der Waals surface area (Å²) in [4.78, 5) is 11.5. The van der Waals surface area contributed by atoms with E-state index in [2.05, 4.69) is 15.0 Å². The molecule has 0 radical (unpaired) electrons. The highest BCUT2D eigenvalue weighted by molar-refractivity contribution is 5.28. The third-order valence-corrected chi connectivity index (χ3v) is 1.99. The predicted octanol–water partition coefficient (Wildman–Crippen LogP) is 2.17. The van der Waals surface area contributed by atoms with E-state index in [1.165, 1.54) is 12.1 Å². The van der Waals surface area contributed by atoms with Crippen LogP contribution in [0, 0.1) is 5.82 Å². The Hall–Kier alpha value is -2.44. The molecule has 100 valence electrons. The molecule has 0 aliphatic rings. The van der Waals surface area contributed by atoms with Crippen molar-refractivity contribution in [1.82, 2.24) is 15.0 Å². The standard InChI is InChI=1S/C12H13FN4O2/c1-7(2)18-11-15-10(14)16-12(17-11)19-9-6-4-3-5-8(9)13/h3-7H,1-2H3,(H2,14,15,16,17). The van der Waals surface area contributed by atoms with Gasteiger partial charge in [0.1, 0.15) is 0 Å². The Morgan fingerprint density at radius 2 is 1.79 bits per heavy atom. The molecule has 0 bridgehead atoms. The summed E-state index contributed by atoms with van der Waals surface area (Å²) in [5, 5.41) is 0. The van der Waals surface area contributed by atoms with Crippen molar-refractivity contribution >= 4 is 5.95 Å². The van der Waals surface area contributed by atoms with Crippen LogP contribution in [-0.2, 0) is 0 Å². The fourth-order valence-corrected chi connectivity index (χ4v) is 1.29. The number of ether oxygens (including phenoxy) is 2. The summed E-state index contributed by atoms with van der Waals surface area (Å²) >= 11 is 0. The molecule has 1 heterocycles. The summed E-state index contributed by atoms with van der Waals surface area (Å²) in [6.07, 6.45) is -0.122. The largest absolute Gasteiger partial charge is 0.461 e. The molecule has 19 heavy (non-hydrogen) atoms. The molecule has 0 spiro atoms. The number of benzene rings is 1. The topological polar surface area (TPSA) is 83.2 Å². The Labute approximate surface area is 109 Å². The molecule has 7 heteroatoms. The van der Waals surface area contributed by atoms with Crippen LogP contribution in [0.15, 0.2) is 24.3 Å². The Bertz CT molecular complexity index is 577. The fourth-order valence-electron chi connectivity index (χ4n) is 1.29. The summed E-state index contributed by atoms with van der Waals surface area (Å²) in [6.45, 7) is 3.63. The van der Waals surface area contributed by atoms with E-state index in [-0.39, 0.29) is 29.8 Å². The molecule has 0 saturated carbocycles. The minimum absolute atomic E-state index is 0.00333. The maximum Gasteiger partial charge on any atom is 0.330 e. The number of para-hydroxylation sites is 1. The average Bonchev–Trinajstić information content (AvgIpc) is 2.30. The zero-order valence-corrected chi connectivity index (χ0v) is 10.5. The zero-order chi connectivity index (χ0) is 13.8. The first-order chi connectivity index (χ1) is 9.04. The maximum absolute atomic E-state index is 13.4. The number of aromatic nitrogens is 3. The molecule has 2 N–H and O–H groups in total. The molecule has 1 aromatic heterocycles. The first-order valence-electron chi connectivity index (χ1n) is 5.65. The van der Waals surface area contributed by atoms with Crippen molar-refractivity contribution in [2.75, 3.05) is 5.73 Å². The first kappa shape index (κ1) is 13.0. The number of halogens is 1. The number of hydrogen-bond acceptors (Lipinski definition) is 6. The van der Waals surface area contributed by atoms with Crippen LogP contribution in [0.2, 0.25) is 0 Å². The van der Waals surface area contributed by atoms with Crippen LogP contribution in [-0.4, -0.2) is 21.1 Å². The van der Waals surface area contributed by atoms with Gasteiger partial charge in [-0.15, -0.1) is 4.98 Å². The van der Waals surface area contributed by atoms with E-state index in [1.54, 1.807) is 12.1 Å². The normalized spacial score (nSPS) is 10.5. The summed E-state index contributed by atoms with van der Waals surface area (Å²) in [5.41, 5.74) is 5.51. The number of anilines is 1. The summed E-state index contributed by atoms with van der Waals surface area (Å²) < 4.78 is 23.9. The van der Waals surface area contributed by atoms with Crippen molar-refractivity contribution in [3.8, 4) is 17.8 Å². The molecule has 0 amide bonds. The summed E-state index contributed by atoms with van der Waals surface area (Å²) in [6, 6.07) is 5.83. The average molecular weight is 264 g/mol. The minimum atomic E-state index is -0.521. The van der Waals surface area contributed by atoms with Crippen molar-refractivity contribution < 1.29 is 13.9 Å². The van der Waals surface area contributed by atoms with E-state index >= 15 is 0 Å². The van der Waals surface area contributed by atoms with E-state index in [0.29, 0.717) is 0 Å². The molecule has 6 nitrogen and oxygen atoms in total. The van der Waals surface area contributed by atoms with E-state index in [9.17, 15) is 4.39 Å². The van der Waals surface area contributed by atoms with Crippen molar-refractivity contribution in [1.29, 1.82) is 0 Å². The van der Waals surface area contributed by atoms with Gasteiger partial charge in [0.25, 0.3) is 0 Å². The van der Waals surface area contributed by atoms with Gasteiger partial charge in [-0.2, -0.15) is 9.97 Å². The van der Waals surface area contributed by atoms with Gasteiger partial charge in [-0.25, -0.2) is 4.39 Å². The van der Waals surface area contributed by atoms with Crippen molar-refractivity contribution in [2.45, 2.75) is 20.0 Å². The number of nitrogens with two attached hydrogens (primary N) is 1. The lowest BCUT2D eigenvalue weighted by Gasteiger charge is -2.09. The highest BCUT2D eigenvalue weighted by Crippen LogP contribution is 2.22. The lowest BCUT2D eigenvalue weighted by Crippen LogP contribution is -2.11. The van der Waals surface area contributed by atoms with Crippen LogP contribution < -0.4 is 15.2 Å². The Morgan fingerprint density at radius 3 is 2.47 bits per heavy atom. The molecule has 0 atom stereocenters. The molecular formula is C12H13FN4O2. The first-order valence-corrected chi connectivity index (χ1v) is 5.65. The second-order valence-electron chi connectivity index (χ2n) is 3.96. The van der Waals surface area contributed by atoms with Gasteiger partial charge in [0.05, 0.1) is 6.10 Å². The highest BCUT2D eigenvalue weighted by atomic mass is 19.1. The number of rotatable bonds is 4. The number of nitrogens with zero attached hydrogens (tertiary/aromatic N) is 3. The smallest absolute Gasteiger partial charge is 0.330 e. The minimum Gasteiger partial charge on any atom is -0.461 e. The zero-order valence-electron chi connectivity index (χ0n) is 10.5. The third-order valence-electron chi connectivity index (χ3n) is 1.99. The van der Waals surface area contributed by atoms with Crippen LogP contribution in [0.25, 0.3) is 0 Å². The van der Waals surface area contributed by atoms with Gasteiger partial charge in [0.2, 0.25) is 5.95 Å². The van der Waals surface area contributed by atoms with Gasteiger partial charge < -0.3 is 15.2 Å². The van der Waals surface area contributed by atoms with E-state index < -0.39 is 5.82 Å². The van der Waals surface area contributed by atoms with Gasteiger partial charge >= 0.3 is 12.0 Å². The fraction of sp³-hybridized carbons (Fsp3) is 0.250. The second-order valence-corrected chi connectivity index (χ2v) is 3.96. The number of nitrogen functional groups attached to an aromatic ring is 1. The molecular weight excluding hydrogens is 251 g/mol. The van der Waals surface area contributed by atoms with Crippen molar-refractivity contribution in [3.63, 3.8) is 0 Å². The molecule has 0 aliphatic carbocycles. The number of hydrogen-bond donors (Lipinski definition) is 1. The van der Waals surface area contributed by atoms with Gasteiger partial charge in [-0.05, 0) is 26.0 Å². The lowest BCUT2D eigenvalue weighted by atomic mass is 10.3. The molecule has 2 aromatic rings. The van der Waals surface area contributed by atoms with Crippen LogP contribution in [0.5, 0.6) is 17.8 Å². The van der Waals surface area contributed by atoms with E-state index in [0.717, 1.165) is 0 Å². The van der Waals surface area contributed by atoms with Crippen LogP contribution in [0.1, 0.15) is 13.8 Å². The van der Waals surface area contributed by atoms with Crippen LogP contribution in [0.3, 0.4) is 0 Å². The van der Waals surface area contributed by atoms with Crippen LogP contribution >= 0.6 is 0 Å². The predicted molar refractivity (Wildman–Crippen MR) is 66.5 cm³/mol. The van der Waals surface area contributed by atoms with Crippen molar-refractivity contribution in [3.05, 3.63) is 30.1 Å². The Kier molecular flexibility index (Phi) is 3.74. The second kappa shape index (κ2) is 5.47. The summed E-state index contributed by atoms with van der Waals surface area (Å²) in [7, 11) is 0. The lowest BCUT2D eigenvalue weighted by molar-refractivity contribution is 0.218. The molecule has 1 aromatic carbocycles. The van der Waals surface area contributed by atoms with E-state index in [1.807, 2.05) is 13.8 Å². The van der Waals surface area contributed by atoms with Gasteiger partial charge in [-0.3, -0.25) is 0 Å².